The average molecular weight is 495 g/mol. The standard InChI is InChI=1S/C17H14F13NO/c18-12(19,11(32)31-9-5-4-8-10-6-2-1-3-7-10)13(20,21)14(22,23)15(24,25)16(26,27)17(28,29)30/h1-3,6-7H,4-5,8-9H2,(H,31,32). The Kier molecular flexibility index (Phi) is 7.79. The van der Waals surface area contributed by atoms with E-state index in [1.807, 2.05) is 0 Å². The summed E-state index contributed by atoms with van der Waals surface area (Å²) in [6, 6.07) is 8.30. The van der Waals surface area contributed by atoms with Crippen molar-refractivity contribution in [2.24, 2.45) is 0 Å². The first kappa shape index (κ1) is 27.8. The van der Waals surface area contributed by atoms with Gasteiger partial charge in [0, 0.05) is 6.54 Å². The van der Waals surface area contributed by atoms with Crippen LogP contribution >= 0.6 is 0 Å². The molecule has 1 rings (SSSR count). The molecule has 0 bridgehead atoms. The zero-order valence-electron chi connectivity index (χ0n) is 15.5. The maximum Gasteiger partial charge on any atom is 0.460 e. The van der Waals surface area contributed by atoms with Gasteiger partial charge in [-0.05, 0) is 24.8 Å². The van der Waals surface area contributed by atoms with Crippen LogP contribution in [0.2, 0.25) is 0 Å². The number of alkyl halides is 13. The first-order valence-electron chi connectivity index (χ1n) is 8.53. The van der Waals surface area contributed by atoms with Crippen molar-refractivity contribution in [1.82, 2.24) is 5.32 Å². The number of carbonyl (C=O) groups is 1. The molecule has 0 aliphatic carbocycles. The third-order valence-electron chi connectivity index (χ3n) is 4.24. The highest BCUT2D eigenvalue weighted by molar-refractivity contribution is 5.84. The van der Waals surface area contributed by atoms with Crippen molar-refractivity contribution < 1.29 is 61.9 Å². The maximum absolute atomic E-state index is 13.6. The van der Waals surface area contributed by atoms with Crippen LogP contribution in [0, 0.1) is 0 Å². The summed E-state index contributed by atoms with van der Waals surface area (Å²) in [4.78, 5) is 11.2. The second-order valence-electron chi connectivity index (χ2n) is 6.57. The van der Waals surface area contributed by atoms with Gasteiger partial charge in [-0.15, -0.1) is 0 Å². The molecule has 1 N–H and O–H groups in total. The van der Waals surface area contributed by atoms with Crippen LogP contribution in [0.4, 0.5) is 57.1 Å². The second-order valence-corrected chi connectivity index (χ2v) is 6.57. The van der Waals surface area contributed by atoms with Crippen molar-refractivity contribution in [3.8, 4) is 0 Å². The fraction of sp³-hybridized carbons (Fsp3) is 0.588. The van der Waals surface area contributed by atoms with Gasteiger partial charge in [-0.1, -0.05) is 30.3 Å². The lowest BCUT2D eigenvalue weighted by Gasteiger charge is -2.39. The first-order chi connectivity index (χ1) is 14.2. The van der Waals surface area contributed by atoms with Gasteiger partial charge in [0.2, 0.25) is 0 Å². The van der Waals surface area contributed by atoms with Crippen molar-refractivity contribution in [3.63, 3.8) is 0 Å². The minimum Gasteiger partial charge on any atom is -0.351 e. The fourth-order valence-corrected chi connectivity index (χ4v) is 2.32. The summed E-state index contributed by atoms with van der Waals surface area (Å²) in [5.74, 6) is -41.5. The van der Waals surface area contributed by atoms with E-state index in [2.05, 4.69) is 0 Å². The van der Waals surface area contributed by atoms with Crippen LogP contribution in [-0.2, 0) is 11.2 Å². The molecule has 0 unspecified atom stereocenters. The Morgan fingerprint density at radius 3 is 1.59 bits per heavy atom. The lowest BCUT2D eigenvalue weighted by molar-refractivity contribution is -0.436. The molecule has 0 fully saturated rings. The largest absolute Gasteiger partial charge is 0.460 e. The van der Waals surface area contributed by atoms with Gasteiger partial charge in [0.1, 0.15) is 0 Å². The topological polar surface area (TPSA) is 29.1 Å². The van der Waals surface area contributed by atoms with E-state index < -0.39 is 48.2 Å². The smallest absolute Gasteiger partial charge is 0.351 e. The summed E-state index contributed by atoms with van der Waals surface area (Å²) in [6.45, 7) is -0.835. The summed E-state index contributed by atoms with van der Waals surface area (Å²) < 4.78 is 168. The minimum atomic E-state index is -8.03. The number of halogens is 13. The molecule has 32 heavy (non-hydrogen) atoms. The van der Waals surface area contributed by atoms with Crippen LogP contribution in [0.5, 0.6) is 0 Å². The maximum atomic E-state index is 13.6. The monoisotopic (exact) mass is 495 g/mol. The molecule has 15 heteroatoms. The van der Waals surface area contributed by atoms with Crippen LogP contribution in [0.3, 0.4) is 0 Å². The Morgan fingerprint density at radius 2 is 1.12 bits per heavy atom. The number of rotatable bonds is 10. The Labute approximate surface area is 171 Å². The highest BCUT2D eigenvalue weighted by atomic mass is 19.4. The minimum absolute atomic E-state index is 0.165. The summed E-state index contributed by atoms with van der Waals surface area (Å²) in [5, 5.41) is 1.05. The van der Waals surface area contributed by atoms with Gasteiger partial charge in [0.25, 0.3) is 5.91 Å². The molecule has 1 aromatic rings. The Hall–Kier alpha value is -2.22. The predicted molar refractivity (Wildman–Crippen MR) is 83.2 cm³/mol. The molecule has 0 heterocycles. The number of unbranched alkanes of at least 4 members (excludes halogenated alkanes) is 1. The predicted octanol–water partition coefficient (Wildman–Crippen LogP) is 5.86. The van der Waals surface area contributed by atoms with Crippen LogP contribution in [-0.4, -0.2) is 48.2 Å². The first-order valence-corrected chi connectivity index (χ1v) is 8.53. The van der Waals surface area contributed by atoms with E-state index in [1.54, 1.807) is 30.3 Å². The number of nitrogens with one attached hydrogen (secondary N) is 1. The van der Waals surface area contributed by atoms with Gasteiger partial charge in [-0.2, -0.15) is 57.1 Å². The van der Waals surface area contributed by atoms with E-state index in [-0.39, 0.29) is 12.8 Å². The fourth-order valence-electron chi connectivity index (χ4n) is 2.32. The zero-order valence-corrected chi connectivity index (χ0v) is 15.5. The highest BCUT2D eigenvalue weighted by Gasteiger charge is 2.91. The molecule has 0 spiro atoms. The molecule has 1 aromatic carbocycles. The molecule has 0 aromatic heterocycles. The van der Waals surface area contributed by atoms with Crippen molar-refractivity contribution >= 4 is 5.91 Å². The Balaban J connectivity index is 2.93. The van der Waals surface area contributed by atoms with Crippen LogP contribution in [0.25, 0.3) is 0 Å². The summed E-state index contributed by atoms with van der Waals surface area (Å²) in [6.07, 6.45) is -7.19. The zero-order chi connectivity index (χ0) is 25.2. The van der Waals surface area contributed by atoms with E-state index in [0.29, 0.717) is 6.42 Å². The molecule has 0 saturated carbocycles. The molecule has 0 saturated heterocycles. The lowest BCUT2D eigenvalue weighted by Crippen LogP contribution is -2.72. The highest BCUT2D eigenvalue weighted by Crippen LogP contribution is 2.60. The van der Waals surface area contributed by atoms with E-state index >= 15 is 0 Å². The molecule has 0 radical (unpaired) electrons. The molecule has 1 amide bonds. The molecule has 184 valence electrons. The van der Waals surface area contributed by atoms with E-state index in [0.717, 1.165) is 10.9 Å². The third-order valence-corrected chi connectivity index (χ3v) is 4.24. The van der Waals surface area contributed by atoms with E-state index in [1.165, 1.54) is 0 Å². The molecule has 0 atom stereocenters. The molecule has 0 aliphatic heterocycles. The van der Waals surface area contributed by atoms with Crippen LogP contribution in [0.15, 0.2) is 30.3 Å². The van der Waals surface area contributed by atoms with Crippen LogP contribution in [0.1, 0.15) is 18.4 Å². The Bertz CT molecular complexity index is 774. The number of hydrogen-bond donors (Lipinski definition) is 1. The Morgan fingerprint density at radius 1 is 0.656 bits per heavy atom. The lowest BCUT2D eigenvalue weighted by atomic mass is 9.93. The van der Waals surface area contributed by atoms with Crippen molar-refractivity contribution in [2.75, 3.05) is 6.54 Å². The SMILES string of the molecule is O=C(NCCCCc1ccccc1)C(F)(F)C(F)(F)C(F)(F)C(F)(F)C(F)(F)C(F)(F)F. The summed E-state index contributed by atoms with van der Waals surface area (Å²) in [5.41, 5.74) is 0.753. The normalized spacial score (nSPS) is 14.4. The quantitative estimate of drug-likeness (QED) is 0.320. The summed E-state index contributed by atoms with van der Waals surface area (Å²) in [7, 11) is 0. The number of carbonyl (C=O) groups excluding carboxylic acids is 1. The number of aryl methyl sites for hydroxylation is 1. The van der Waals surface area contributed by atoms with Gasteiger partial charge in [-0.25, -0.2) is 0 Å². The summed E-state index contributed by atoms with van der Waals surface area (Å²) >= 11 is 0. The number of amides is 1. The molecule has 0 aliphatic rings. The van der Waals surface area contributed by atoms with Gasteiger partial charge < -0.3 is 5.32 Å². The van der Waals surface area contributed by atoms with Crippen LogP contribution < -0.4 is 5.32 Å². The van der Waals surface area contributed by atoms with E-state index in [4.69, 9.17) is 0 Å². The third kappa shape index (κ3) is 4.75. The van der Waals surface area contributed by atoms with Crippen molar-refractivity contribution in [1.29, 1.82) is 0 Å². The van der Waals surface area contributed by atoms with E-state index in [9.17, 15) is 61.9 Å². The van der Waals surface area contributed by atoms with Gasteiger partial charge >= 0.3 is 35.8 Å². The van der Waals surface area contributed by atoms with Gasteiger partial charge in [0.05, 0.1) is 0 Å². The van der Waals surface area contributed by atoms with Gasteiger partial charge in [-0.3, -0.25) is 4.79 Å². The molecular weight excluding hydrogens is 481 g/mol. The van der Waals surface area contributed by atoms with Crippen molar-refractivity contribution in [3.05, 3.63) is 35.9 Å². The average Bonchev–Trinajstić information content (AvgIpc) is 2.66. The van der Waals surface area contributed by atoms with Crippen molar-refractivity contribution in [2.45, 2.75) is 55.1 Å². The molecular formula is C17H14F13NO. The molecule has 2 nitrogen and oxygen atoms in total. The number of benzene rings is 1. The number of hydrogen-bond acceptors (Lipinski definition) is 1. The second kappa shape index (κ2) is 8.96. The van der Waals surface area contributed by atoms with Gasteiger partial charge in [0.15, 0.2) is 0 Å².